The molecule has 0 unspecified atom stereocenters. The average molecular weight is 249 g/mol. The fourth-order valence-corrected chi connectivity index (χ4v) is 2.32. The van der Waals surface area contributed by atoms with Crippen LogP contribution in [0, 0.1) is 6.92 Å². The van der Waals surface area contributed by atoms with Crippen LogP contribution in [-0.4, -0.2) is 9.55 Å². The van der Waals surface area contributed by atoms with Gasteiger partial charge in [0.2, 0.25) is 5.95 Å². The summed E-state index contributed by atoms with van der Waals surface area (Å²) in [5, 5.41) is 0. The van der Waals surface area contributed by atoms with E-state index in [-0.39, 0.29) is 0 Å². The Morgan fingerprint density at radius 3 is 2.11 bits per heavy atom. The summed E-state index contributed by atoms with van der Waals surface area (Å²) in [5.74, 6) is 0.516. The third-order valence-corrected chi connectivity index (χ3v) is 3.14. The summed E-state index contributed by atoms with van der Waals surface area (Å²) in [4.78, 5) is 4.40. The van der Waals surface area contributed by atoms with Crippen molar-refractivity contribution in [3.8, 4) is 16.9 Å². The Morgan fingerprint density at radius 1 is 0.895 bits per heavy atom. The summed E-state index contributed by atoms with van der Waals surface area (Å²) in [6.45, 7) is 1.98. The van der Waals surface area contributed by atoms with Crippen LogP contribution in [0.5, 0.6) is 0 Å². The van der Waals surface area contributed by atoms with Gasteiger partial charge in [-0.05, 0) is 19.1 Å². The van der Waals surface area contributed by atoms with Crippen molar-refractivity contribution in [2.45, 2.75) is 6.92 Å². The molecule has 1 aromatic heterocycles. The standard InChI is InChI=1S/C16H15N3/c1-12-15(13-8-4-2-5-9-13)19(16(17)18-12)14-10-6-3-7-11-14/h2-11H,1H3,(H2,17,18). The Balaban J connectivity index is 2.26. The monoisotopic (exact) mass is 249 g/mol. The summed E-state index contributed by atoms with van der Waals surface area (Å²) in [6.07, 6.45) is 0. The van der Waals surface area contributed by atoms with E-state index in [1.54, 1.807) is 0 Å². The Morgan fingerprint density at radius 2 is 1.47 bits per heavy atom. The molecule has 2 N–H and O–H groups in total. The average Bonchev–Trinajstić information content (AvgIpc) is 2.75. The molecule has 3 aromatic rings. The Labute approximate surface area is 112 Å². The lowest BCUT2D eigenvalue weighted by molar-refractivity contribution is 1.08. The number of aromatic nitrogens is 2. The summed E-state index contributed by atoms with van der Waals surface area (Å²) in [6, 6.07) is 20.2. The molecular weight excluding hydrogens is 234 g/mol. The van der Waals surface area contributed by atoms with Crippen molar-refractivity contribution in [2.24, 2.45) is 0 Å². The number of aryl methyl sites for hydroxylation is 1. The first kappa shape index (κ1) is 11.5. The van der Waals surface area contributed by atoms with Crippen molar-refractivity contribution in [2.75, 3.05) is 5.73 Å². The second kappa shape index (κ2) is 4.61. The van der Waals surface area contributed by atoms with E-state index in [9.17, 15) is 0 Å². The molecule has 1 heterocycles. The molecular formula is C16H15N3. The molecule has 0 bridgehead atoms. The van der Waals surface area contributed by atoms with Crippen molar-refractivity contribution in [1.29, 1.82) is 0 Å². The van der Waals surface area contributed by atoms with Crippen LogP contribution >= 0.6 is 0 Å². The minimum absolute atomic E-state index is 0.516. The molecule has 19 heavy (non-hydrogen) atoms. The molecule has 0 amide bonds. The Hall–Kier alpha value is -2.55. The van der Waals surface area contributed by atoms with Gasteiger partial charge in [0, 0.05) is 11.3 Å². The van der Waals surface area contributed by atoms with Crippen molar-refractivity contribution in [3.05, 3.63) is 66.4 Å². The molecule has 0 fully saturated rings. The molecule has 3 nitrogen and oxygen atoms in total. The number of nitrogens with two attached hydrogens (primary N) is 1. The van der Waals surface area contributed by atoms with E-state index in [0.29, 0.717) is 5.95 Å². The zero-order valence-electron chi connectivity index (χ0n) is 10.7. The number of nitrogens with zero attached hydrogens (tertiary/aromatic N) is 2. The molecule has 0 spiro atoms. The summed E-state index contributed by atoms with van der Waals surface area (Å²) in [5.41, 5.74) is 10.2. The predicted octanol–water partition coefficient (Wildman–Crippen LogP) is 3.43. The second-order valence-corrected chi connectivity index (χ2v) is 4.44. The van der Waals surface area contributed by atoms with Gasteiger partial charge in [0.15, 0.2) is 0 Å². The normalized spacial score (nSPS) is 10.6. The number of para-hydroxylation sites is 1. The van der Waals surface area contributed by atoms with E-state index in [1.165, 1.54) is 0 Å². The van der Waals surface area contributed by atoms with E-state index >= 15 is 0 Å². The van der Waals surface area contributed by atoms with Gasteiger partial charge in [-0.1, -0.05) is 48.5 Å². The number of hydrogen-bond donors (Lipinski definition) is 1. The van der Waals surface area contributed by atoms with Crippen LogP contribution in [0.2, 0.25) is 0 Å². The first-order chi connectivity index (χ1) is 9.27. The van der Waals surface area contributed by atoms with Gasteiger partial charge < -0.3 is 5.73 Å². The van der Waals surface area contributed by atoms with Crippen LogP contribution in [0.4, 0.5) is 5.95 Å². The smallest absolute Gasteiger partial charge is 0.205 e. The van der Waals surface area contributed by atoms with Crippen LogP contribution in [0.1, 0.15) is 5.69 Å². The first-order valence-corrected chi connectivity index (χ1v) is 6.23. The topological polar surface area (TPSA) is 43.8 Å². The highest BCUT2D eigenvalue weighted by Crippen LogP contribution is 2.29. The highest BCUT2D eigenvalue weighted by Gasteiger charge is 2.14. The van der Waals surface area contributed by atoms with Gasteiger partial charge in [0.25, 0.3) is 0 Å². The lowest BCUT2D eigenvalue weighted by Crippen LogP contribution is -2.02. The van der Waals surface area contributed by atoms with E-state index in [0.717, 1.165) is 22.6 Å². The highest BCUT2D eigenvalue weighted by molar-refractivity contribution is 5.68. The van der Waals surface area contributed by atoms with Gasteiger partial charge in [-0.15, -0.1) is 0 Å². The zero-order valence-corrected chi connectivity index (χ0v) is 10.7. The molecule has 0 atom stereocenters. The third-order valence-electron chi connectivity index (χ3n) is 3.14. The number of benzene rings is 2. The molecule has 0 aliphatic heterocycles. The Bertz CT molecular complexity index is 625. The van der Waals surface area contributed by atoms with Crippen molar-refractivity contribution >= 4 is 5.95 Å². The molecule has 0 saturated heterocycles. The summed E-state index contributed by atoms with van der Waals surface area (Å²) < 4.78 is 1.99. The van der Waals surface area contributed by atoms with Crippen LogP contribution in [0.15, 0.2) is 60.7 Å². The Kier molecular flexibility index (Phi) is 2.80. The number of rotatable bonds is 2. The van der Waals surface area contributed by atoms with Gasteiger partial charge in [0.1, 0.15) is 0 Å². The van der Waals surface area contributed by atoms with Gasteiger partial charge in [-0.2, -0.15) is 0 Å². The minimum Gasteiger partial charge on any atom is -0.369 e. The first-order valence-electron chi connectivity index (χ1n) is 6.23. The molecule has 0 radical (unpaired) electrons. The summed E-state index contributed by atoms with van der Waals surface area (Å²) >= 11 is 0. The highest BCUT2D eigenvalue weighted by atomic mass is 15.2. The lowest BCUT2D eigenvalue weighted by atomic mass is 10.1. The molecule has 2 aromatic carbocycles. The number of imidazole rings is 1. The zero-order chi connectivity index (χ0) is 13.2. The van der Waals surface area contributed by atoms with Gasteiger partial charge in [-0.25, -0.2) is 4.98 Å². The van der Waals surface area contributed by atoms with E-state index in [2.05, 4.69) is 17.1 Å². The lowest BCUT2D eigenvalue weighted by Gasteiger charge is -2.10. The number of nitrogen functional groups attached to an aromatic ring is 1. The van der Waals surface area contributed by atoms with Gasteiger partial charge >= 0.3 is 0 Å². The number of hydrogen-bond acceptors (Lipinski definition) is 2. The second-order valence-electron chi connectivity index (χ2n) is 4.44. The fourth-order valence-electron chi connectivity index (χ4n) is 2.32. The number of anilines is 1. The van der Waals surface area contributed by atoms with Crippen molar-refractivity contribution in [3.63, 3.8) is 0 Å². The maximum Gasteiger partial charge on any atom is 0.205 e. The van der Waals surface area contributed by atoms with Crippen molar-refractivity contribution in [1.82, 2.24) is 9.55 Å². The maximum absolute atomic E-state index is 6.06. The minimum atomic E-state index is 0.516. The van der Waals surface area contributed by atoms with Crippen LogP contribution < -0.4 is 5.73 Å². The van der Waals surface area contributed by atoms with E-state index < -0.39 is 0 Å². The van der Waals surface area contributed by atoms with Gasteiger partial charge in [-0.3, -0.25) is 4.57 Å². The third kappa shape index (κ3) is 1.99. The fraction of sp³-hybridized carbons (Fsp3) is 0.0625. The molecule has 0 aliphatic rings. The van der Waals surface area contributed by atoms with E-state index in [4.69, 9.17) is 5.73 Å². The molecule has 3 heteroatoms. The largest absolute Gasteiger partial charge is 0.369 e. The van der Waals surface area contributed by atoms with Crippen LogP contribution in [0.25, 0.3) is 16.9 Å². The van der Waals surface area contributed by atoms with Crippen molar-refractivity contribution < 1.29 is 0 Å². The predicted molar refractivity (Wildman–Crippen MR) is 78.1 cm³/mol. The molecule has 0 aliphatic carbocycles. The molecule has 0 saturated carbocycles. The van der Waals surface area contributed by atoms with Gasteiger partial charge in [0.05, 0.1) is 11.4 Å². The quantitative estimate of drug-likeness (QED) is 0.756. The molecule has 94 valence electrons. The SMILES string of the molecule is Cc1nc(N)n(-c2ccccc2)c1-c1ccccc1. The van der Waals surface area contributed by atoms with E-state index in [1.807, 2.05) is 60.0 Å². The van der Waals surface area contributed by atoms with Crippen LogP contribution in [-0.2, 0) is 0 Å². The summed E-state index contributed by atoms with van der Waals surface area (Å²) in [7, 11) is 0. The van der Waals surface area contributed by atoms with Crippen LogP contribution in [0.3, 0.4) is 0 Å². The molecule has 3 rings (SSSR count). The maximum atomic E-state index is 6.06.